The molecule has 0 unspecified atom stereocenters. The van der Waals surface area contributed by atoms with Crippen LogP contribution < -0.4 is 5.73 Å². The topological polar surface area (TPSA) is 72.6 Å². The van der Waals surface area contributed by atoms with Crippen LogP contribution in [0.15, 0.2) is 24.3 Å². The third-order valence-electron chi connectivity index (χ3n) is 5.65. The summed E-state index contributed by atoms with van der Waals surface area (Å²) in [6.07, 6.45) is 26.5. The molecule has 0 saturated carbocycles. The molecule has 5 heteroatoms. The third-order valence-corrected chi connectivity index (χ3v) is 5.65. The first-order valence-electron chi connectivity index (χ1n) is 13.6. The van der Waals surface area contributed by atoms with E-state index in [0.29, 0.717) is 25.9 Å². The van der Waals surface area contributed by atoms with Crippen molar-refractivity contribution in [3.63, 3.8) is 0 Å². The second kappa shape index (κ2) is 25.0. The van der Waals surface area contributed by atoms with Gasteiger partial charge in [0.25, 0.3) is 0 Å². The summed E-state index contributed by atoms with van der Waals surface area (Å²) in [5, 5.41) is 0. The van der Waals surface area contributed by atoms with Crippen molar-refractivity contribution >= 4 is 11.9 Å². The first kappa shape index (κ1) is 31.4. The zero-order valence-electron chi connectivity index (χ0n) is 21.7. The average Bonchev–Trinajstić information content (AvgIpc) is 2.81. The second-order valence-electron chi connectivity index (χ2n) is 8.88. The smallest absolute Gasteiger partial charge is 0.307 e. The Morgan fingerprint density at radius 2 is 1.33 bits per heavy atom. The zero-order valence-corrected chi connectivity index (χ0v) is 21.7. The van der Waals surface area contributed by atoms with Crippen molar-refractivity contribution in [2.45, 2.75) is 123 Å². The van der Waals surface area contributed by atoms with Gasteiger partial charge >= 0.3 is 5.97 Å². The highest BCUT2D eigenvalue weighted by Crippen LogP contribution is 2.10. The molecule has 0 aliphatic heterocycles. The second-order valence-corrected chi connectivity index (χ2v) is 8.88. The molecule has 0 aromatic heterocycles. The summed E-state index contributed by atoms with van der Waals surface area (Å²) in [6.45, 7) is 5.65. The Balaban J connectivity index is 3.69. The van der Waals surface area contributed by atoms with Crippen LogP contribution in [0.4, 0.5) is 0 Å². The van der Waals surface area contributed by atoms with Crippen LogP contribution in [-0.2, 0) is 14.3 Å². The zero-order chi connectivity index (χ0) is 24.4. The summed E-state index contributed by atoms with van der Waals surface area (Å²) in [4.78, 5) is 26.0. The van der Waals surface area contributed by atoms with Gasteiger partial charge < -0.3 is 15.4 Å². The molecule has 0 bridgehead atoms. The molecular weight excluding hydrogens is 412 g/mol. The molecule has 0 saturated heterocycles. The number of hydrogen-bond donors (Lipinski definition) is 1. The van der Waals surface area contributed by atoms with Crippen molar-refractivity contribution in [3.8, 4) is 0 Å². The molecule has 0 atom stereocenters. The first-order chi connectivity index (χ1) is 16.2. The maximum atomic E-state index is 12.3. The van der Waals surface area contributed by atoms with E-state index < -0.39 is 0 Å². The fourth-order valence-electron chi connectivity index (χ4n) is 3.59. The quantitative estimate of drug-likeness (QED) is 0.0760. The fraction of sp³-hybridized carbons (Fsp3) is 0.786. The van der Waals surface area contributed by atoms with Gasteiger partial charge in [0.05, 0.1) is 0 Å². The monoisotopic (exact) mass is 464 g/mol. The van der Waals surface area contributed by atoms with Crippen molar-refractivity contribution in [2.24, 2.45) is 5.73 Å². The highest BCUT2D eigenvalue weighted by molar-refractivity contribution is 5.76. The van der Waals surface area contributed by atoms with Crippen LogP contribution in [0.25, 0.3) is 0 Å². The van der Waals surface area contributed by atoms with Gasteiger partial charge in [-0.05, 0) is 64.3 Å². The van der Waals surface area contributed by atoms with Gasteiger partial charge in [-0.15, -0.1) is 0 Å². The van der Waals surface area contributed by atoms with E-state index in [4.69, 9.17) is 10.5 Å². The number of nitrogens with zero attached hydrogens (tertiary/aromatic N) is 1. The number of unbranched alkanes of at least 4 members (excludes halogenated alkanes) is 10. The van der Waals surface area contributed by atoms with E-state index in [1.165, 1.54) is 38.5 Å². The lowest BCUT2D eigenvalue weighted by Crippen LogP contribution is -2.34. The molecule has 0 aromatic carbocycles. The van der Waals surface area contributed by atoms with Gasteiger partial charge in [0.2, 0.25) is 5.91 Å². The summed E-state index contributed by atoms with van der Waals surface area (Å²) in [7, 11) is 0. The van der Waals surface area contributed by atoms with Gasteiger partial charge in [-0.3, -0.25) is 9.59 Å². The SMILES string of the molecule is CCCCC/C=C\C/C=C\CCCCCCCC(=O)OCN(CCC)C(=O)CCCCCN. The van der Waals surface area contributed by atoms with Crippen LogP contribution in [0.3, 0.4) is 0 Å². The molecular formula is C28H52N2O3. The molecule has 0 fully saturated rings. The molecule has 0 heterocycles. The predicted molar refractivity (Wildman–Crippen MR) is 140 cm³/mol. The Hall–Kier alpha value is -1.62. The number of rotatable bonds is 23. The highest BCUT2D eigenvalue weighted by atomic mass is 16.5. The Morgan fingerprint density at radius 1 is 0.727 bits per heavy atom. The molecule has 0 spiro atoms. The van der Waals surface area contributed by atoms with Gasteiger partial charge in [0.15, 0.2) is 6.73 Å². The minimum absolute atomic E-state index is 0.0683. The van der Waals surface area contributed by atoms with E-state index in [-0.39, 0.29) is 18.6 Å². The summed E-state index contributed by atoms with van der Waals surface area (Å²) < 4.78 is 5.36. The minimum Gasteiger partial charge on any atom is -0.444 e. The molecule has 192 valence electrons. The van der Waals surface area contributed by atoms with E-state index in [2.05, 4.69) is 31.2 Å². The summed E-state index contributed by atoms with van der Waals surface area (Å²) in [6, 6.07) is 0. The van der Waals surface area contributed by atoms with E-state index in [1.54, 1.807) is 4.90 Å². The van der Waals surface area contributed by atoms with Crippen LogP contribution in [0.2, 0.25) is 0 Å². The van der Waals surface area contributed by atoms with Crippen molar-refractivity contribution in [1.82, 2.24) is 4.90 Å². The summed E-state index contributed by atoms with van der Waals surface area (Å²) >= 11 is 0. The van der Waals surface area contributed by atoms with Gasteiger partial charge in [0, 0.05) is 19.4 Å². The molecule has 0 aliphatic carbocycles. The molecule has 5 nitrogen and oxygen atoms in total. The molecule has 0 aromatic rings. The third kappa shape index (κ3) is 22.0. The number of carbonyl (C=O) groups is 2. The molecule has 33 heavy (non-hydrogen) atoms. The predicted octanol–water partition coefficient (Wildman–Crippen LogP) is 7.06. The fourth-order valence-corrected chi connectivity index (χ4v) is 3.59. The van der Waals surface area contributed by atoms with E-state index in [0.717, 1.165) is 57.8 Å². The number of nitrogens with two attached hydrogens (primary N) is 1. The van der Waals surface area contributed by atoms with Gasteiger partial charge in [0.1, 0.15) is 0 Å². The number of carbonyl (C=O) groups excluding carboxylic acids is 2. The first-order valence-corrected chi connectivity index (χ1v) is 13.6. The maximum Gasteiger partial charge on any atom is 0.307 e. The Labute approximate surface area is 204 Å². The van der Waals surface area contributed by atoms with Gasteiger partial charge in [-0.2, -0.15) is 0 Å². The van der Waals surface area contributed by atoms with Crippen LogP contribution in [0.1, 0.15) is 123 Å². The molecule has 2 N–H and O–H groups in total. The summed E-state index contributed by atoms with van der Waals surface area (Å²) in [5.74, 6) is -0.128. The van der Waals surface area contributed by atoms with Crippen LogP contribution >= 0.6 is 0 Å². The standard InChI is InChI=1S/C28H52N2O3/c1-3-5-6-7-8-9-10-11-12-13-14-15-16-17-20-23-28(32)33-26-30(25-4-2)27(31)22-19-18-21-24-29/h8-9,11-12H,3-7,10,13-26,29H2,1-2H3/b9-8-,12-11-. The largest absolute Gasteiger partial charge is 0.444 e. The molecule has 0 rings (SSSR count). The minimum atomic E-state index is -0.197. The van der Waals surface area contributed by atoms with Gasteiger partial charge in [-0.25, -0.2) is 0 Å². The van der Waals surface area contributed by atoms with Crippen LogP contribution in [0, 0.1) is 0 Å². The van der Waals surface area contributed by atoms with Crippen LogP contribution in [0.5, 0.6) is 0 Å². The van der Waals surface area contributed by atoms with Crippen molar-refractivity contribution in [2.75, 3.05) is 19.8 Å². The molecule has 0 aliphatic rings. The number of amides is 1. The van der Waals surface area contributed by atoms with Gasteiger partial charge in [-0.1, -0.05) is 76.7 Å². The Kier molecular flexibility index (Phi) is 23.8. The number of ether oxygens (including phenoxy) is 1. The summed E-state index contributed by atoms with van der Waals surface area (Å²) in [5.41, 5.74) is 5.49. The average molecular weight is 465 g/mol. The molecule has 0 radical (unpaired) electrons. The van der Waals surface area contributed by atoms with E-state index in [1.807, 2.05) is 6.92 Å². The number of allylic oxidation sites excluding steroid dienone is 4. The Morgan fingerprint density at radius 3 is 2.00 bits per heavy atom. The van der Waals surface area contributed by atoms with Crippen molar-refractivity contribution in [1.29, 1.82) is 0 Å². The Bertz CT molecular complexity index is 517. The van der Waals surface area contributed by atoms with E-state index in [9.17, 15) is 9.59 Å². The lowest BCUT2D eigenvalue weighted by Gasteiger charge is -2.21. The number of hydrogen-bond acceptors (Lipinski definition) is 4. The van der Waals surface area contributed by atoms with Crippen molar-refractivity contribution in [3.05, 3.63) is 24.3 Å². The molecule has 1 amide bonds. The number of esters is 1. The van der Waals surface area contributed by atoms with E-state index >= 15 is 0 Å². The lowest BCUT2D eigenvalue weighted by atomic mass is 10.1. The maximum absolute atomic E-state index is 12.3. The van der Waals surface area contributed by atoms with Crippen molar-refractivity contribution < 1.29 is 14.3 Å². The lowest BCUT2D eigenvalue weighted by molar-refractivity contribution is -0.153. The normalized spacial score (nSPS) is 11.5. The highest BCUT2D eigenvalue weighted by Gasteiger charge is 2.14. The van der Waals surface area contributed by atoms with Crippen LogP contribution in [-0.4, -0.2) is 36.6 Å².